The van der Waals surface area contributed by atoms with Crippen molar-refractivity contribution in [2.24, 2.45) is 5.73 Å². The molecule has 5 heteroatoms. The molecule has 0 aliphatic carbocycles. The molecule has 0 radical (unpaired) electrons. The Balaban J connectivity index is 2.38. The molecule has 0 unspecified atom stereocenters. The van der Waals surface area contributed by atoms with Gasteiger partial charge in [-0.2, -0.15) is 0 Å². The van der Waals surface area contributed by atoms with Crippen molar-refractivity contribution in [3.63, 3.8) is 0 Å². The van der Waals surface area contributed by atoms with Gasteiger partial charge in [-0.25, -0.2) is 0 Å². The van der Waals surface area contributed by atoms with E-state index in [1.165, 1.54) is 12.1 Å². The van der Waals surface area contributed by atoms with E-state index < -0.39 is 4.92 Å². The van der Waals surface area contributed by atoms with Gasteiger partial charge < -0.3 is 5.73 Å². The monoisotopic (exact) mass is 243 g/mol. The molecule has 0 bridgehead atoms. The second-order valence-electron chi connectivity index (χ2n) is 3.86. The number of pyridine rings is 1. The zero-order chi connectivity index (χ0) is 13.0. The van der Waals surface area contributed by atoms with E-state index in [9.17, 15) is 10.1 Å². The van der Waals surface area contributed by atoms with E-state index in [0.29, 0.717) is 13.0 Å². The zero-order valence-corrected chi connectivity index (χ0v) is 9.74. The van der Waals surface area contributed by atoms with E-state index in [1.54, 1.807) is 6.07 Å². The number of non-ortho nitro benzene ring substituents is 1. The maximum absolute atomic E-state index is 10.7. The molecule has 0 fully saturated rings. The van der Waals surface area contributed by atoms with Gasteiger partial charge in [0, 0.05) is 29.8 Å². The lowest BCUT2D eigenvalue weighted by molar-refractivity contribution is -0.384. The van der Waals surface area contributed by atoms with Crippen LogP contribution in [0.5, 0.6) is 0 Å². The lowest BCUT2D eigenvalue weighted by atomic mass is 10.1. The van der Waals surface area contributed by atoms with Crippen LogP contribution in [0.15, 0.2) is 42.5 Å². The van der Waals surface area contributed by atoms with Crippen molar-refractivity contribution in [2.45, 2.75) is 6.42 Å². The third kappa shape index (κ3) is 2.70. The molecule has 18 heavy (non-hydrogen) atoms. The van der Waals surface area contributed by atoms with Crippen LogP contribution in [0.25, 0.3) is 11.3 Å². The molecule has 2 rings (SSSR count). The fourth-order valence-electron chi connectivity index (χ4n) is 1.71. The molecule has 0 spiro atoms. The SMILES string of the molecule is NCCc1cccc(-c2cccc([N+](=O)[O-])c2)n1. The maximum atomic E-state index is 10.7. The zero-order valence-electron chi connectivity index (χ0n) is 9.74. The third-order valence-electron chi connectivity index (χ3n) is 2.56. The normalized spacial score (nSPS) is 10.3. The molecule has 2 N–H and O–H groups in total. The summed E-state index contributed by atoms with van der Waals surface area (Å²) >= 11 is 0. The van der Waals surface area contributed by atoms with Gasteiger partial charge in [-0.05, 0) is 18.7 Å². The van der Waals surface area contributed by atoms with Crippen molar-refractivity contribution in [3.05, 3.63) is 58.3 Å². The summed E-state index contributed by atoms with van der Waals surface area (Å²) in [6.45, 7) is 0.533. The van der Waals surface area contributed by atoms with E-state index >= 15 is 0 Å². The highest BCUT2D eigenvalue weighted by Gasteiger charge is 2.08. The molecule has 92 valence electrons. The van der Waals surface area contributed by atoms with Crippen LogP contribution in [0.3, 0.4) is 0 Å². The summed E-state index contributed by atoms with van der Waals surface area (Å²) in [6.07, 6.45) is 0.697. The minimum atomic E-state index is -0.409. The number of nitrogens with two attached hydrogens (primary N) is 1. The summed E-state index contributed by atoms with van der Waals surface area (Å²) in [5.41, 5.74) is 7.91. The molecule has 0 saturated heterocycles. The number of hydrogen-bond donors (Lipinski definition) is 1. The molecule has 0 saturated carbocycles. The first-order valence-electron chi connectivity index (χ1n) is 5.61. The van der Waals surface area contributed by atoms with Gasteiger partial charge in [0.25, 0.3) is 5.69 Å². The maximum Gasteiger partial charge on any atom is 0.270 e. The highest BCUT2D eigenvalue weighted by Crippen LogP contribution is 2.22. The first-order chi connectivity index (χ1) is 8.70. The average molecular weight is 243 g/mol. The minimum absolute atomic E-state index is 0.0681. The molecule has 1 heterocycles. The topological polar surface area (TPSA) is 82.0 Å². The van der Waals surface area contributed by atoms with Crippen LogP contribution >= 0.6 is 0 Å². The van der Waals surface area contributed by atoms with Gasteiger partial charge in [0.05, 0.1) is 10.6 Å². The van der Waals surface area contributed by atoms with E-state index in [4.69, 9.17) is 5.73 Å². The fraction of sp³-hybridized carbons (Fsp3) is 0.154. The Bertz CT molecular complexity index is 570. The number of hydrogen-bond acceptors (Lipinski definition) is 4. The molecule has 2 aromatic rings. The van der Waals surface area contributed by atoms with Crippen LogP contribution in [-0.2, 0) is 6.42 Å². The number of aromatic nitrogens is 1. The van der Waals surface area contributed by atoms with Gasteiger partial charge in [-0.1, -0.05) is 18.2 Å². The van der Waals surface area contributed by atoms with Gasteiger partial charge in [0.15, 0.2) is 0 Å². The van der Waals surface area contributed by atoms with Crippen molar-refractivity contribution >= 4 is 5.69 Å². The number of benzene rings is 1. The fourth-order valence-corrected chi connectivity index (χ4v) is 1.71. The van der Waals surface area contributed by atoms with Crippen molar-refractivity contribution in [3.8, 4) is 11.3 Å². The molecule has 0 atom stereocenters. The molecular weight excluding hydrogens is 230 g/mol. The predicted octanol–water partition coefficient (Wildman–Crippen LogP) is 2.16. The van der Waals surface area contributed by atoms with Crippen LogP contribution in [0.2, 0.25) is 0 Å². The van der Waals surface area contributed by atoms with E-state index in [0.717, 1.165) is 17.0 Å². The quantitative estimate of drug-likeness (QED) is 0.659. The van der Waals surface area contributed by atoms with Crippen LogP contribution in [0.4, 0.5) is 5.69 Å². The van der Waals surface area contributed by atoms with Gasteiger partial charge in [-0.3, -0.25) is 15.1 Å². The summed E-state index contributed by atoms with van der Waals surface area (Å²) in [6, 6.07) is 12.1. The Kier molecular flexibility index (Phi) is 3.64. The predicted molar refractivity (Wildman–Crippen MR) is 69.1 cm³/mol. The highest BCUT2D eigenvalue weighted by molar-refractivity contribution is 5.62. The summed E-state index contributed by atoms with van der Waals surface area (Å²) in [7, 11) is 0. The Morgan fingerprint density at radius 2 is 2.00 bits per heavy atom. The first kappa shape index (κ1) is 12.2. The standard InChI is InChI=1S/C13H13N3O2/c14-8-7-11-4-2-6-13(15-11)10-3-1-5-12(9-10)16(17)18/h1-6,9H,7-8,14H2. The molecule has 0 aliphatic rings. The summed E-state index contributed by atoms with van der Waals surface area (Å²) in [4.78, 5) is 14.7. The number of nitrogens with zero attached hydrogens (tertiary/aromatic N) is 2. The van der Waals surface area contributed by atoms with Crippen molar-refractivity contribution in [1.82, 2.24) is 4.98 Å². The smallest absolute Gasteiger partial charge is 0.270 e. The lowest BCUT2D eigenvalue weighted by Crippen LogP contribution is -2.04. The van der Waals surface area contributed by atoms with Gasteiger partial charge in [0.1, 0.15) is 0 Å². The van der Waals surface area contributed by atoms with Crippen LogP contribution < -0.4 is 5.73 Å². The van der Waals surface area contributed by atoms with Crippen molar-refractivity contribution in [1.29, 1.82) is 0 Å². The first-order valence-corrected chi connectivity index (χ1v) is 5.61. The third-order valence-corrected chi connectivity index (χ3v) is 2.56. The minimum Gasteiger partial charge on any atom is -0.330 e. The average Bonchev–Trinajstić information content (AvgIpc) is 2.39. The molecule has 1 aromatic heterocycles. The molecule has 1 aromatic carbocycles. The van der Waals surface area contributed by atoms with Gasteiger partial charge in [0.2, 0.25) is 0 Å². The molecule has 0 amide bonds. The molecular formula is C13H13N3O2. The van der Waals surface area contributed by atoms with E-state index in [2.05, 4.69) is 4.98 Å². The highest BCUT2D eigenvalue weighted by atomic mass is 16.6. The van der Waals surface area contributed by atoms with Crippen molar-refractivity contribution < 1.29 is 4.92 Å². The van der Waals surface area contributed by atoms with Crippen molar-refractivity contribution in [2.75, 3.05) is 6.54 Å². The van der Waals surface area contributed by atoms with Crippen LogP contribution in [0, 0.1) is 10.1 Å². The Morgan fingerprint density at radius 3 is 2.72 bits per heavy atom. The Hall–Kier alpha value is -2.27. The molecule has 0 aliphatic heterocycles. The van der Waals surface area contributed by atoms with E-state index in [-0.39, 0.29) is 5.69 Å². The lowest BCUT2D eigenvalue weighted by Gasteiger charge is -2.03. The van der Waals surface area contributed by atoms with Gasteiger partial charge >= 0.3 is 0 Å². The summed E-state index contributed by atoms with van der Waals surface area (Å²) in [5, 5.41) is 10.7. The second kappa shape index (κ2) is 5.37. The number of rotatable bonds is 4. The van der Waals surface area contributed by atoms with Crippen LogP contribution in [-0.4, -0.2) is 16.5 Å². The van der Waals surface area contributed by atoms with E-state index in [1.807, 2.05) is 24.3 Å². The summed E-state index contributed by atoms with van der Waals surface area (Å²) < 4.78 is 0. The van der Waals surface area contributed by atoms with Gasteiger partial charge in [-0.15, -0.1) is 0 Å². The van der Waals surface area contributed by atoms with Crippen LogP contribution in [0.1, 0.15) is 5.69 Å². The number of nitro groups is 1. The Morgan fingerprint density at radius 1 is 1.22 bits per heavy atom. The Labute approximate surface area is 104 Å². The molecule has 5 nitrogen and oxygen atoms in total. The summed E-state index contributed by atoms with van der Waals surface area (Å²) in [5.74, 6) is 0. The largest absolute Gasteiger partial charge is 0.330 e. The number of nitro benzene ring substituents is 1. The second-order valence-corrected chi connectivity index (χ2v) is 3.86.